The summed E-state index contributed by atoms with van der Waals surface area (Å²) >= 11 is 1.47. The van der Waals surface area contributed by atoms with Gasteiger partial charge in [-0.05, 0) is 50.2 Å². The largest absolute Gasteiger partial charge is 0.486 e. The average molecular weight is 361 g/mol. The van der Waals surface area contributed by atoms with Crippen LogP contribution in [0.1, 0.15) is 36.5 Å². The Morgan fingerprint density at radius 1 is 1.04 bits per heavy atom. The van der Waals surface area contributed by atoms with Gasteiger partial charge in [-0.25, -0.2) is 4.39 Å². The molecule has 1 aliphatic heterocycles. The summed E-state index contributed by atoms with van der Waals surface area (Å²) in [5.74, 6) is 1.22. The summed E-state index contributed by atoms with van der Waals surface area (Å²) in [6.07, 6.45) is 5.12. The maximum atomic E-state index is 12.9. The minimum Gasteiger partial charge on any atom is -0.486 e. The summed E-state index contributed by atoms with van der Waals surface area (Å²) in [4.78, 5) is 3.21. The van der Waals surface area contributed by atoms with E-state index < -0.39 is 0 Å². The van der Waals surface area contributed by atoms with Gasteiger partial charge in [0.1, 0.15) is 18.2 Å². The molecule has 1 aliphatic rings. The van der Waals surface area contributed by atoms with E-state index in [1.807, 2.05) is 4.52 Å². The Morgan fingerprint density at radius 2 is 1.80 bits per heavy atom. The van der Waals surface area contributed by atoms with Crippen LogP contribution in [0.2, 0.25) is 0 Å². The molecule has 0 unspecified atom stereocenters. The van der Waals surface area contributed by atoms with Crippen LogP contribution in [0.3, 0.4) is 0 Å². The third-order valence-corrected chi connectivity index (χ3v) is 5.21. The van der Waals surface area contributed by atoms with Crippen molar-refractivity contribution in [3.8, 4) is 5.75 Å². The first kappa shape index (κ1) is 16.4. The van der Waals surface area contributed by atoms with Gasteiger partial charge in [0.25, 0.3) is 0 Å². The summed E-state index contributed by atoms with van der Waals surface area (Å²) < 4.78 is 20.4. The lowest BCUT2D eigenvalue weighted by molar-refractivity contribution is 0.267. The van der Waals surface area contributed by atoms with Gasteiger partial charge in [-0.1, -0.05) is 24.2 Å². The van der Waals surface area contributed by atoms with E-state index in [9.17, 15) is 4.39 Å². The quantitative estimate of drug-likeness (QED) is 0.698. The summed E-state index contributed by atoms with van der Waals surface area (Å²) in [7, 11) is 0. The minimum absolute atomic E-state index is 0.274. The van der Waals surface area contributed by atoms with Gasteiger partial charge < -0.3 is 4.74 Å². The number of rotatable bonds is 5. The van der Waals surface area contributed by atoms with Crippen LogP contribution in [0.4, 0.5) is 4.39 Å². The second-order valence-corrected chi connectivity index (χ2v) is 7.28. The van der Waals surface area contributed by atoms with Crippen molar-refractivity contribution in [2.24, 2.45) is 0 Å². The molecule has 2 aromatic heterocycles. The Morgan fingerprint density at radius 3 is 2.56 bits per heavy atom. The average Bonchev–Trinajstić information content (AvgIpc) is 3.07. The van der Waals surface area contributed by atoms with E-state index in [1.54, 1.807) is 12.1 Å². The molecule has 4 rings (SSSR count). The van der Waals surface area contributed by atoms with E-state index >= 15 is 0 Å². The van der Waals surface area contributed by atoms with Crippen molar-refractivity contribution in [3.05, 3.63) is 40.9 Å². The molecule has 0 aliphatic carbocycles. The van der Waals surface area contributed by atoms with E-state index in [0.29, 0.717) is 12.4 Å². The highest BCUT2D eigenvalue weighted by molar-refractivity contribution is 7.16. The highest BCUT2D eigenvalue weighted by Gasteiger charge is 2.16. The molecule has 0 atom stereocenters. The van der Waals surface area contributed by atoms with Gasteiger partial charge in [-0.3, -0.25) is 4.90 Å². The molecule has 0 radical (unpaired) electrons. The lowest BCUT2D eigenvalue weighted by atomic mass is 10.2. The molecule has 0 amide bonds. The Hall–Kier alpha value is -2.06. The number of aromatic nitrogens is 4. The number of likely N-dealkylation sites (tertiary alicyclic amines) is 1. The fourth-order valence-corrected chi connectivity index (χ4v) is 3.79. The maximum Gasteiger partial charge on any atom is 0.234 e. The van der Waals surface area contributed by atoms with Crippen molar-refractivity contribution < 1.29 is 9.13 Å². The normalized spacial score (nSPS) is 16.2. The summed E-state index contributed by atoms with van der Waals surface area (Å²) in [5.41, 5.74) is 0. The Labute approximate surface area is 149 Å². The lowest BCUT2D eigenvalue weighted by Gasteiger charge is -2.17. The highest BCUT2D eigenvalue weighted by atomic mass is 32.1. The molecule has 6 nitrogen and oxygen atoms in total. The van der Waals surface area contributed by atoms with E-state index in [2.05, 4.69) is 20.2 Å². The number of nitrogens with zero attached hydrogens (tertiary/aromatic N) is 5. The third kappa shape index (κ3) is 3.96. The first-order valence-electron chi connectivity index (χ1n) is 8.59. The van der Waals surface area contributed by atoms with Gasteiger partial charge in [0.2, 0.25) is 4.96 Å². The molecule has 132 valence electrons. The molecule has 3 heterocycles. The van der Waals surface area contributed by atoms with E-state index in [1.165, 1.54) is 49.2 Å². The Bertz CT molecular complexity index is 823. The second kappa shape index (κ2) is 7.45. The predicted molar refractivity (Wildman–Crippen MR) is 93.1 cm³/mol. The van der Waals surface area contributed by atoms with Gasteiger partial charge >= 0.3 is 0 Å². The fraction of sp³-hybridized carbons (Fsp3) is 0.471. The number of hydrogen-bond acceptors (Lipinski definition) is 6. The number of hydrogen-bond donors (Lipinski definition) is 0. The lowest BCUT2D eigenvalue weighted by Crippen LogP contribution is -2.25. The van der Waals surface area contributed by atoms with Crippen LogP contribution >= 0.6 is 11.3 Å². The first-order chi connectivity index (χ1) is 12.3. The zero-order valence-electron chi connectivity index (χ0n) is 13.9. The van der Waals surface area contributed by atoms with Gasteiger partial charge in [0.15, 0.2) is 10.8 Å². The van der Waals surface area contributed by atoms with Crippen molar-refractivity contribution >= 4 is 16.3 Å². The molecule has 8 heteroatoms. The van der Waals surface area contributed by atoms with E-state index in [-0.39, 0.29) is 5.82 Å². The van der Waals surface area contributed by atoms with Crippen molar-refractivity contribution in [2.75, 3.05) is 13.1 Å². The van der Waals surface area contributed by atoms with Crippen molar-refractivity contribution in [1.29, 1.82) is 0 Å². The third-order valence-electron chi connectivity index (χ3n) is 4.34. The van der Waals surface area contributed by atoms with Crippen molar-refractivity contribution in [2.45, 2.75) is 38.8 Å². The Balaban J connectivity index is 1.43. The first-order valence-corrected chi connectivity index (χ1v) is 9.40. The predicted octanol–water partition coefficient (Wildman–Crippen LogP) is 3.28. The van der Waals surface area contributed by atoms with Crippen molar-refractivity contribution in [1.82, 2.24) is 24.7 Å². The van der Waals surface area contributed by atoms with Crippen LogP contribution in [0.25, 0.3) is 4.96 Å². The zero-order valence-corrected chi connectivity index (χ0v) is 14.7. The second-order valence-electron chi connectivity index (χ2n) is 6.24. The molecule has 0 N–H and O–H groups in total. The minimum atomic E-state index is -0.274. The van der Waals surface area contributed by atoms with Gasteiger partial charge in [0.05, 0.1) is 6.54 Å². The summed E-state index contributed by atoms with van der Waals surface area (Å²) in [5, 5.41) is 13.9. The van der Waals surface area contributed by atoms with Crippen LogP contribution in [0, 0.1) is 5.82 Å². The fourth-order valence-electron chi connectivity index (χ4n) is 3.02. The molecule has 3 aromatic rings. The van der Waals surface area contributed by atoms with Crippen LogP contribution in [-0.4, -0.2) is 37.8 Å². The molecule has 1 fully saturated rings. The maximum absolute atomic E-state index is 12.9. The zero-order chi connectivity index (χ0) is 17.1. The molecule has 0 spiro atoms. The molecule has 25 heavy (non-hydrogen) atoms. The van der Waals surface area contributed by atoms with Crippen LogP contribution in [-0.2, 0) is 13.2 Å². The molecular formula is C17H20FN5OS. The molecule has 0 saturated carbocycles. The van der Waals surface area contributed by atoms with Crippen LogP contribution < -0.4 is 4.74 Å². The summed E-state index contributed by atoms with van der Waals surface area (Å²) in [6.45, 7) is 3.34. The Kier molecular flexibility index (Phi) is 4.89. The monoisotopic (exact) mass is 361 g/mol. The number of fused-ring (bicyclic) bond motifs is 1. The van der Waals surface area contributed by atoms with Gasteiger partial charge in [-0.15, -0.1) is 10.2 Å². The van der Waals surface area contributed by atoms with Crippen molar-refractivity contribution in [3.63, 3.8) is 0 Å². The summed E-state index contributed by atoms with van der Waals surface area (Å²) in [6, 6.07) is 5.99. The van der Waals surface area contributed by atoms with E-state index in [0.717, 1.165) is 35.4 Å². The SMILES string of the molecule is Fc1ccc(OCc2nn3c(CN4CCCCCC4)nnc3s2)cc1. The topological polar surface area (TPSA) is 55.6 Å². The molecular weight excluding hydrogens is 341 g/mol. The van der Waals surface area contributed by atoms with Crippen LogP contribution in [0.15, 0.2) is 24.3 Å². The smallest absolute Gasteiger partial charge is 0.234 e. The standard InChI is InChI=1S/C17H20FN5OS/c18-13-5-7-14(8-6-13)24-12-16-21-23-15(19-20-17(23)25-16)11-22-9-3-1-2-4-10-22/h5-8H,1-4,9-12H2. The number of ether oxygens (including phenoxy) is 1. The van der Waals surface area contributed by atoms with Gasteiger partial charge in [0, 0.05) is 0 Å². The molecule has 1 aromatic carbocycles. The number of halogens is 1. The van der Waals surface area contributed by atoms with Crippen LogP contribution in [0.5, 0.6) is 5.75 Å². The molecule has 0 bridgehead atoms. The van der Waals surface area contributed by atoms with Gasteiger partial charge in [-0.2, -0.15) is 9.61 Å². The number of benzene rings is 1. The van der Waals surface area contributed by atoms with E-state index in [4.69, 9.17) is 4.74 Å². The highest BCUT2D eigenvalue weighted by Crippen LogP contribution is 2.19. The molecule has 1 saturated heterocycles.